The van der Waals surface area contributed by atoms with Crippen LogP contribution in [-0.4, -0.2) is 16.2 Å². The molecule has 0 saturated heterocycles. The van der Waals surface area contributed by atoms with Gasteiger partial charge in [0.15, 0.2) is 6.61 Å². The Labute approximate surface area is 143 Å². The summed E-state index contributed by atoms with van der Waals surface area (Å²) in [5.41, 5.74) is 3.30. The summed E-state index contributed by atoms with van der Waals surface area (Å²) in [7, 11) is 0. The van der Waals surface area contributed by atoms with Gasteiger partial charge < -0.3 is 9.30 Å². The van der Waals surface area contributed by atoms with Crippen molar-refractivity contribution in [3.8, 4) is 11.8 Å². The predicted molar refractivity (Wildman–Crippen MR) is 96.5 cm³/mol. The molecule has 0 fully saturated rings. The highest BCUT2D eigenvalue weighted by Crippen LogP contribution is 2.36. The normalized spacial score (nSPS) is 11.0. The Morgan fingerprint density at radius 1 is 1.17 bits per heavy atom. The Morgan fingerprint density at radius 3 is 2.79 bits per heavy atom. The molecule has 0 saturated carbocycles. The molecule has 0 bridgehead atoms. The smallest absolute Gasteiger partial charge is 0.174 e. The van der Waals surface area contributed by atoms with Crippen molar-refractivity contribution >= 4 is 33.1 Å². The number of ether oxygens (including phenoxy) is 1. The van der Waals surface area contributed by atoms with Crippen LogP contribution in [0.4, 0.5) is 0 Å². The van der Waals surface area contributed by atoms with Crippen LogP contribution < -0.4 is 4.74 Å². The SMILES string of the molecule is Cc1nc(Cn2c3ccccc3c3c(OCC#N)cccc32)cs1. The van der Waals surface area contributed by atoms with E-state index in [2.05, 4.69) is 33.1 Å². The lowest BCUT2D eigenvalue weighted by molar-refractivity contribution is 0.373. The number of rotatable bonds is 4. The molecule has 0 N–H and O–H groups in total. The van der Waals surface area contributed by atoms with Crippen LogP contribution in [0.25, 0.3) is 21.8 Å². The monoisotopic (exact) mass is 333 g/mol. The number of nitriles is 1. The second kappa shape index (κ2) is 5.99. The number of nitrogens with zero attached hydrogens (tertiary/aromatic N) is 3. The van der Waals surface area contributed by atoms with Crippen LogP contribution in [0, 0.1) is 18.3 Å². The Bertz CT molecular complexity index is 1070. The van der Waals surface area contributed by atoms with Crippen molar-refractivity contribution in [1.29, 1.82) is 5.26 Å². The average molecular weight is 333 g/mol. The standard InChI is InChI=1S/C19H15N3OS/c1-13-21-14(12-24-13)11-22-16-6-3-2-5-15(16)19-17(22)7-4-8-18(19)23-10-9-20/h2-8,12H,10-11H2,1H3. The number of para-hydroxylation sites is 1. The van der Waals surface area contributed by atoms with Crippen molar-refractivity contribution in [2.45, 2.75) is 13.5 Å². The molecule has 0 aliphatic rings. The molecule has 2 aromatic carbocycles. The topological polar surface area (TPSA) is 50.8 Å². The van der Waals surface area contributed by atoms with E-state index in [-0.39, 0.29) is 6.61 Å². The summed E-state index contributed by atoms with van der Waals surface area (Å²) in [5, 5.41) is 14.2. The lowest BCUT2D eigenvalue weighted by Gasteiger charge is -2.06. The zero-order valence-corrected chi connectivity index (χ0v) is 14.0. The maximum atomic E-state index is 8.83. The summed E-state index contributed by atoms with van der Waals surface area (Å²) in [4.78, 5) is 4.59. The number of hydrogen-bond donors (Lipinski definition) is 0. The van der Waals surface area contributed by atoms with Gasteiger partial charge in [0.1, 0.15) is 11.8 Å². The summed E-state index contributed by atoms with van der Waals surface area (Å²) in [6.07, 6.45) is 0. The minimum absolute atomic E-state index is 0.0455. The molecule has 0 radical (unpaired) electrons. The van der Waals surface area contributed by atoms with Crippen molar-refractivity contribution in [2.75, 3.05) is 6.61 Å². The van der Waals surface area contributed by atoms with Crippen molar-refractivity contribution in [1.82, 2.24) is 9.55 Å². The maximum absolute atomic E-state index is 8.83. The van der Waals surface area contributed by atoms with E-state index < -0.39 is 0 Å². The van der Waals surface area contributed by atoms with Crippen LogP contribution in [0.1, 0.15) is 10.7 Å². The molecule has 2 aromatic heterocycles. The quantitative estimate of drug-likeness (QED) is 0.552. The molecule has 0 amide bonds. The second-order valence-corrected chi connectivity index (χ2v) is 6.62. The third-order valence-electron chi connectivity index (χ3n) is 4.04. The number of aromatic nitrogens is 2. The highest BCUT2D eigenvalue weighted by Gasteiger charge is 2.15. The minimum Gasteiger partial charge on any atom is -0.478 e. The first-order valence-corrected chi connectivity index (χ1v) is 8.56. The van der Waals surface area contributed by atoms with Gasteiger partial charge in [-0.3, -0.25) is 0 Å². The molecule has 118 valence electrons. The Kier molecular flexibility index (Phi) is 3.68. The average Bonchev–Trinajstić information content (AvgIpc) is 3.16. The predicted octanol–water partition coefficient (Wildman–Crippen LogP) is 4.51. The van der Waals surface area contributed by atoms with Crippen LogP contribution in [0.3, 0.4) is 0 Å². The number of thiazole rings is 1. The fourth-order valence-electron chi connectivity index (χ4n) is 3.11. The van der Waals surface area contributed by atoms with Gasteiger partial charge in [-0.05, 0) is 25.1 Å². The zero-order valence-electron chi connectivity index (χ0n) is 13.2. The van der Waals surface area contributed by atoms with Crippen molar-refractivity contribution in [3.63, 3.8) is 0 Å². The molecule has 0 spiro atoms. The minimum atomic E-state index is 0.0455. The van der Waals surface area contributed by atoms with Crippen LogP contribution in [0.5, 0.6) is 5.75 Å². The molecular formula is C19H15N3OS. The first kappa shape index (κ1) is 14.7. The largest absolute Gasteiger partial charge is 0.478 e. The van der Waals surface area contributed by atoms with E-state index in [0.29, 0.717) is 0 Å². The van der Waals surface area contributed by atoms with Gasteiger partial charge in [0.25, 0.3) is 0 Å². The molecule has 2 heterocycles. The first-order valence-electron chi connectivity index (χ1n) is 7.68. The van der Waals surface area contributed by atoms with Crippen LogP contribution >= 0.6 is 11.3 Å². The van der Waals surface area contributed by atoms with Crippen LogP contribution in [0.15, 0.2) is 47.8 Å². The molecule has 24 heavy (non-hydrogen) atoms. The lowest BCUT2D eigenvalue weighted by Crippen LogP contribution is -2.00. The molecule has 0 aliphatic carbocycles. The molecule has 4 rings (SSSR count). The number of fused-ring (bicyclic) bond motifs is 3. The summed E-state index contributed by atoms with van der Waals surface area (Å²) >= 11 is 1.67. The third kappa shape index (κ3) is 2.41. The van der Waals surface area contributed by atoms with Gasteiger partial charge in [0, 0.05) is 21.7 Å². The molecule has 0 unspecified atom stereocenters. The van der Waals surface area contributed by atoms with Crippen LogP contribution in [0.2, 0.25) is 0 Å². The highest BCUT2D eigenvalue weighted by atomic mass is 32.1. The number of hydrogen-bond acceptors (Lipinski definition) is 4. The lowest BCUT2D eigenvalue weighted by atomic mass is 10.1. The van der Waals surface area contributed by atoms with E-state index in [9.17, 15) is 0 Å². The fraction of sp³-hybridized carbons (Fsp3) is 0.158. The van der Waals surface area contributed by atoms with Gasteiger partial charge >= 0.3 is 0 Å². The second-order valence-electron chi connectivity index (χ2n) is 5.56. The molecule has 4 aromatic rings. The van der Waals surface area contributed by atoms with Gasteiger partial charge in [-0.2, -0.15) is 5.26 Å². The molecule has 5 heteroatoms. The Balaban J connectivity index is 1.96. The van der Waals surface area contributed by atoms with Gasteiger partial charge in [0.05, 0.1) is 22.8 Å². The summed E-state index contributed by atoms with van der Waals surface area (Å²) in [6, 6.07) is 16.3. The summed E-state index contributed by atoms with van der Waals surface area (Å²) in [6.45, 7) is 2.79. The molecule has 4 nitrogen and oxygen atoms in total. The van der Waals surface area contributed by atoms with E-state index >= 15 is 0 Å². The maximum Gasteiger partial charge on any atom is 0.174 e. The Hall–Kier alpha value is -2.84. The van der Waals surface area contributed by atoms with E-state index in [4.69, 9.17) is 10.00 Å². The van der Waals surface area contributed by atoms with E-state index in [1.807, 2.05) is 37.3 Å². The van der Waals surface area contributed by atoms with Crippen molar-refractivity contribution in [2.24, 2.45) is 0 Å². The van der Waals surface area contributed by atoms with Gasteiger partial charge in [0.2, 0.25) is 0 Å². The van der Waals surface area contributed by atoms with Gasteiger partial charge in [-0.1, -0.05) is 24.3 Å². The number of benzene rings is 2. The van der Waals surface area contributed by atoms with Gasteiger partial charge in [-0.15, -0.1) is 11.3 Å². The van der Waals surface area contributed by atoms with Crippen molar-refractivity contribution < 1.29 is 4.74 Å². The van der Waals surface area contributed by atoms with E-state index in [0.717, 1.165) is 44.8 Å². The van der Waals surface area contributed by atoms with Gasteiger partial charge in [-0.25, -0.2) is 4.98 Å². The van der Waals surface area contributed by atoms with E-state index in [1.165, 1.54) is 0 Å². The van der Waals surface area contributed by atoms with Crippen molar-refractivity contribution in [3.05, 3.63) is 58.5 Å². The first-order chi connectivity index (χ1) is 11.8. The summed E-state index contributed by atoms with van der Waals surface area (Å²) in [5.74, 6) is 0.749. The number of aryl methyl sites for hydroxylation is 1. The third-order valence-corrected chi connectivity index (χ3v) is 4.86. The zero-order chi connectivity index (χ0) is 16.5. The van der Waals surface area contributed by atoms with E-state index in [1.54, 1.807) is 11.3 Å². The molecule has 0 atom stereocenters. The molecular weight excluding hydrogens is 318 g/mol. The molecule has 0 aliphatic heterocycles. The highest BCUT2D eigenvalue weighted by molar-refractivity contribution is 7.09. The Morgan fingerprint density at radius 2 is 2.00 bits per heavy atom. The summed E-state index contributed by atoms with van der Waals surface area (Å²) < 4.78 is 7.92. The van der Waals surface area contributed by atoms with Crippen LogP contribution in [-0.2, 0) is 6.54 Å². The fourth-order valence-corrected chi connectivity index (χ4v) is 3.71.